The lowest BCUT2D eigenvalue weighted by Gasteiger charge is -2.10. The van der Waals surface area contributed by atoms with Crippen LogP contribution in [-0.4, -0.2) is 9.91 Å². The van der Waals surface area contributed by atoms with Gasteiger partial charge >= 0.3 is 0 Å². The fourth-order valence-electron chi connectivity index (χ4n) is 3.16. The van der Waals surface area contributed by atoms with E-state index in [0.29, 0.717) is 6.42 Å². The zero-order valence-corrected chi connectivity index (χ0v) is 14.3. The molecule has 6 nitrogen and oxygen atoms in total. The van der Waals surface area contributed by atoms with E-state index in [1.165, 1.54) is 18.5 Å². The Kier molecular flexibility index (Phi) is 4.22. The summed E-state index contributed by atoms with van der Waals surface area (Å²) in [6, 6.07) is 18.0. The van der Waals surface area contributed by atoms with E-state index < -0.39 is 4.92 Å². The summed E-state index contributed by atoms with van der Waals surface area (Å²) >= 11 is 0. The minimum absolute atomic E-state index is 0.0463. The molecule has 2 aromatic heterocycles. The standard InChI is InChI=1S/C21H15N3O3/c25-23-9-6-15(7-10-23)11-16-12-18-4-2-8-22-21(18)20(13-16)17-3-1-5-19(14-17)24(26)27/h1-10,12-14H,11H2. The molecule has 27 heavy (non-hydrogen) atoms. The highest BCUT2D eigenvalue weighted by molar-refractivity contribution is 5.94. The molecule has 0 aliphatic heterocycles. The first-order valence-electron chi connectivity index (χ1n) is 8.40. The van der Waals surface area contributed by atoms with E-state index in [1.807, 2.05) is 24.3 Å². The number of aromatic nitrogens is 2. The Labute approximate surface area is 155 Å². The molecule has 0 fully saturated rings. The maximum Gasteiger partial charge on any atom is 0.270 e. The van der Waals surface area contributed by atoms with Gasteiger partial charge in [-0.25, -0.2) is 0 Å². The van der Waals surface area contributed by atoms with Crippen molar-refractivity contribution in [2.45, 2.75) is 6.42 Å². The van der Waals surface area contributed by atoms with Crippen LogP contribution >= 0.6 is 0 Å². The lowest BCUT2D eigenvalue weighted by atomic mass is 9.96. The Hall–Kier alpha value is -3.80. The lowest BCUT2D eigenvalue weighted by Crippen LogP contribution is -2.23. The molecule has 0 N–H and O–H groups in total. The van der Waals surface area contributed by atoms with E-state index in [2.05, 4.69) is 11.1 Å². The van der Waals surface area contributed by atoms with Crippen molar-refractivity contribution < 1.29 is 9.65 Å². The second-order valence-corrected chi connectivity index (χ2v) is 6.27. The number of nitrogens with zero attached hydrogens (tertiary/aromatic N) is 3. The van der Waals surface area contributed by atoms with Crippen molar-refractivity contribution >= 4 is 16.6 Å². The van der Waals surface area contributed by atoms with Crippen LogP contribution in [0.4, 0.5) is 5.69 Å². The van der Waals surface area contributed by atoms with Gasteiger partial charge in [-0.1, -0.05) is 18.2 Å². The number of nitro benzene ring substituents is 1. The van der Waals surface area contributed by atoms with Crippen molar-refractivity contribution in [2.24, 2.45) is 0 Å². The summed E-state index contributed by atoms with van der Waals surface area (Å²) in [5.41, 5.74) is 4.50. The van der Waals surface area contributed by atoms with Crippen LogP contribution in [0.5, 0.6) is 0 Å². The first-order chi connectivity index (χ1) is 13.1. The molecule has 132 valence electrons. The molecule has 2 heterocycles. The summed E-state index contributed by atoms with van der Waals surface area (Å²) in [6.45, 7) is 0. The predicted molar refractivity (Wildman–Crippen MR) is 102 cm³/mol. The summed E-state index contributed by atoms with van der Waals surface area (Å²) in [5, 5.41) is 23.3. The van der Waals surface area contributed by atoms with Crippen molar-refractivity contribution in [1.29, 1.82) is 0 Å². The van der Waals surface area contributed by atoms with Crippen LogP contribution in [0, 0.1) is 15.3 Å². The second kappa shape index (κ2) is 6.84. The highest BCUT2D eigenvalue weighted by Crippen LogP contribution is 2.31. The Morgan fingerprint density at radius 3 is 2.56 bits per heavy atom. The van der Waals surface area contributed by atoms with Gasteiger partial charge in [0.2, 0.25) is 0 Å². The van der Waals surface area contributed by atoms with Crippen LogP contribution in [0.3, 0.4) is 0 Å². The molecule has 0 aliphatic rings. The number of benzene rings is 2. The molecule has 0 aliphatic carbocycles. The van der Waals surface area contributed by atoms with Gasteiger partial charge in [0.25, 0.3) is 5.69 Å². The summed E-state index contributed by atoms with van der Waals surface area (Å²) in [5.74, 6) is 0. The molecule has 0 amide bonds. The Bertz CT molecular complexity index is 1140. The van der Waals surface area contributed by atoms with Gasteiger partial charge in [0, 0.05) is 41.4 Å². The summed E-state index contributed by atoms with van der Waals surface area (Å²) < 4.78 is 0.752. The van der Waals surface area contributed by atoms with Crippen LogP contribution < -0.4 is 4.73 Å². The summed E-state index contributed by atoms with van der Waals surface area (Å²) in [6.07, 6.45) is 5.31. The predicted octanol–water partition coefficient (Wildman–Crippen LogP) is 4.03. The third kappa shape index (κ3) is 3.46. The van der Waals surface area contributed by atoms with Crippen LogP contribution in [0.1, 0.15) is 11.1 Å². The van der Waals surface area contributed by atoms with Gasteiger partial charge < -0.3 is 5.21 Å². The Morgan fingerprint density at radius 1 is 0.963 bits per heavy atom. The monoisotopic (exact) mass is 357 g/mol. The second-order valence-electron chi connectivity index (χ2n) is 6.27. The molecular weight excluding hydrogens is 342 g/mol. The number of nitro groups is 1. The highest BCUT2D eigenvalue weighted by Gasteiger charge is 2.12. The van der Waals surface area contributed by atoms with Gasteiger partial charge in [0.15, 0.2) is 12.4 Å². The number of pyridine rings is 2. The van der Waals surface area contributed by atoms with Crippen LogP contribution in [0.15, 0.2) is 79.3 Å². The molecule has 2 aromatic carbocycles. The molecule has 4 aromatic rings. The van der Waals surface area contributed by atoms with Crippen molar-refractivity contribution in [3.8, 4) is 11.1 Å². The van der Waals surface area contributed by atoms with E-state index in [9.17, 15) is 15.3 Å². The van der Waals surface area contributed by atoms with Gasteiger partial charge in [-0.2, -0.15) is 4.73 Å². The third-order valence-corrected chi connectivity index (χ3v) is 4.41. The Balaban J connectivity index is 1.85. The SMILES string of the molecule is O=[N+]([O-])c1cccc(-c2cc(Cc3cc[n+]([O-])cc3)cc3cccnc23)c1. The van der Waals surface area contributed by atoms with E-state index in [0.717, 1.165) is 37.9 Å². The Morgan fingerprint density at radius 2 is 1.78 bits per heavy atom. The van der Waals surface area contributed by atoms with Gasteiger partial charge in [0.1, 0.15) is 0 Å². The number of hydrogen-bond acceptors (Lipinski definition) is 4. The van der Waals surface area contributed by atoms with E-state index in [1.54, 1.807) is 30.5 Å². The number of fused-ring (bicyclic) bond motifs is 1. The molecule has 6 heteroatoms. The average Bonchev–Trinajstić information content (AvgIpc) is 2.69. The van der Waals surface area contributed by atoms with Crippen molar-refractivity contribution in [3.05, 3.63) is 106 Å². The van der Waals surface area contributed by atoms with E-state index in [-0.39, 0.29) is 5.69 Å². The zero-order valence-electron chi connectivity index (χ0n) is 14.3. The molecule has 0 unspecified atom stereocenters. The van der Waals surface area contributed by atoms with Gasteiger partial charge in [-0.3, -0.25) is 15.1 Å². The topological polar surface area (TPSA) is 83.0 Å². The molecule has 0 bridgehead atoms. The minimum atomic E-state index is -0.398. The molecule has 0 saturated heterocycles. The largest absolute Gasteiger partial charge is 0.619 e. The fourth-order valence-corrected chi connectivity index (χ4v) is 3.16. The molecule has 0 saturated carbocycles. The molecular formula is C21H15N3O3. The summed E-state index contributed by atoms with van der Waals surface area (Å²) in [4.78, 5) is 15.2. The number of non-ortho nitro benzene ring substituents is 1. The van der Waals surface area contributed by atoms with Crippen molar-refractivity contribution in [2.75, 3.05) is 0 Å². The highest BCUT2D eigenvalue weighted by atomic mass is 16.6. The molecule has 0 spiro atoms. The molecule has 4 rings (SSSR count). The van der Waals surface area contributed by atoms with Crippen molar-refractivity contribution in [1.82, 2.24) is 4.98 Å². The fraction of sp³-hybridized carbons (Fsp3) is 0.0476. The van der Waals surface area contributed by atoms with Crippen LogP contribution in [0.2, 0.25) is 0 Å². The van der Waals surface area contributed by atoms with Crippen LogP contribution in [-0.2, 0) is 6.42 Å². The molecule has 0 atom stereocenters. The first-order valence-corrected chi connectivity index (χ1v) is 8.40. The number of rotatable bonds is 4. The maximum atomic E-state index is 11.2. The average molecular weight is 357 g/mol. The third-order valence-electron chi connectivity index (χ3n) is 4.41. The van der Waals surface area contributed by atoms with E-state index in [4.69, 9.17) is 0 Å². The minimum Gasteiger partial charge on any atom is -0.619 e. The zero-order chi connectivity index (χ0) is 18.8. The maximum absolute atomic E-state index is 11.2. The lowest BCUT2D eigenvalue weighted by molar-refractivity contribution is -0.605. The van der Waals surface area contributed by atoms with Gasteiger partial charge in [-0.05, 0) is 41.3 Å². The normalized spacial score (nSPS) is 10.8. The first kappa shape index (κ1) is 16.7. The van der Waals surface area contributed by atoms with Gasteiger partial charge in [0.05, 0.1) is 10.4 Å². The van der Waals surface area contributed by atoms with Gasteiger partial charge in [-0.15, -0.1) is 0 Å². The van der Waals surface area contributed by atoms with E-state index >= 15 is 0 Å². The van der Waals surface area contributed by atoms with Crippen molar-refractivity contribution in [3.63, 3.8) is 0 Å². The smallest absolute Gasteiger partial charge is 0.270 e. The summed E-state index contributed by atoms with van der Waals surface area (Å²) in [7, 11) is 0. The quantitative estimate of drug-likeness (QED) is 0.239. The van der Waals surface area contributed by atoms with Crippen LogP contribution in [0.25, 0.3) is 22.0 Å². The molecule has 0 radical (unpaired) electrons. The number of hydrogen-bond donors (Lipinski definition) is 0.